The summed E-state index contributed by atoms with van der Waals surface area (Å²) in [7, 11) is 0. The van der Waals surface area contributed by atoms with Gasteiger partial charge in [-0.1, -0.05) is 42.5 Å². The molecule has 0 radical (unpaired) electrons. The predicted octanol–water partition coefficient (Wildman–Crippen LogP) is 2.62. The van der Waals surface area contributed by atoms with Crippen molar-refractivity contribution in [1.82, 2.24) is 5.32 Å². The SMILES string of the molecule is CC(NC(=O)c1ccccc1NC(=O)[C@@H]1CC[C@H](CN)O1)c1ccccc1. The molecule has 2 amide bonds. The van der Waals surface area contributed by atoms with Gasteiger partial charge >= 0.3 is 0 Å². The van der Waals surface area contributed by atoms with Crippen molar-refractivity contribution >= 4 is 17.5 Å². The maximum atomic E-state index is 12.7. The van der Waals surface area contributed by atoms with Crippen molar-refractivity contribution in [2.45, 2.75) is 38.0 Å². The van der Waals surface area contributed by atoms with Gasteiger partial charge in [0.15, 0.2) is 0 Å². The monoisotopic (exact) mass is 367 g/mol. The number of para-hydroxylation sites is 1. The number of ether oxygens (including phenoxy) is 1. The fourth-order valence-electron chi connectivity index (χ4n) is 3.17. The zero-order chi connectivity index (χ0) is 19.2. The molecule has 1 aliphatic rings. The Morgan fingerprint density at radius 3 is 2.52 bits per heavy atom. The average molecular weight is 367 g/mol. The van der Waals surface area contributed by atoms with Crippen LogP contribution in [-0.4, -0.2) is 30.6 Å². The minimum Gasteiger partial charge on any atom is -0.364 e. The molecule has 1 aliphatic heterocycles. The van der Waals surface area contributed by atoms with Crippen molar-refractivity contribution in [2.24, 2.45) is 5.73 Å². The van der Waals surface area contributed by atoms with E-state index in [0.29, 0.717) is 24.2 Å². The van der Waals surface area contributed by atoms with Crippen LogP contribution < -0.4 is 16.4 Å². The second kappa shape index (κ2) is 8.79. The zero-order valence-corrected chi connectivity index (χ0v) is 15.4. The van der Waals surface area contributed by atoms with Gasteiger partial charge in [0.1, 0.15) is 6.10 Å². The lowest BCUT2D eigenvalue weighted by Gasteiger charge is -2.17. The predicted molar refractivity (Wildman–Crippen MR) is 104 cm³/mol. The molecule has 3 rings (SSSR count). The van der Waals surface area contributed by atoms with Gasteiger partial charge < -0.3 is 21.1 Å². The summed E-state index contributed by atoms with van der Waals surface area (Å²) < 4.78 is 5.63. The molecule has 2 aromatic carbocycles. The number of carbonyl (C=O) groups excluding carboxylic acids is 2. The molecule has 3 atom stereocenters. The van der Waals surface area contributed by atoms with E-state index in [-0.39, 0.29) is 24.0 Å². The van der Waals surface area contributed by atoms with Crippen LogP contribution in [0, 0.1) is 0 Å². The van der Waals surface area contributed by atoms with E-state index in [4.69, 9.17) is 10.5 Å². The molecule has 27 heavy (non-hydrogen) atoms. The lowest BCUT2D eigenvalue weighted by molar-refractivity contribution is -0.126. The number of hydrogen-bond acceptors (Lipinski definition) is 4. The fraction of sp³-hybridized carbons (Fsp3) is 0.333. The maximum Gasteiger partial charge on any atom is 0.253 e. The smallest absolute Gasteiger partial charge is 0.253 e. The lowest BCUT2D eigenvalue weighted by atomic mass is 10.1. The first kappa shape index (κ1) is 19.1. The molecular weight excluding hydrogens is 342 g/mol. The van der Waals surface area contributed by atoms with Gasteiger partial charge in [-0.15, -0.1) is 0 Å². The molecule has 142 valence electrons. The first-order valence-electron chi connectivity index (χ1n) is 9.19. The van der Waals surface area contributed by atoms with Gasteiger partial charge in [-0.2, -0.15) is 0 Å². The molecular formula is C21H25N3O3. The number of anilines is 1. The van der Waals surface area contributed by atoms with Crippen molar-refractivity contribution in [2.75, 3.05) is 11.9 Å². The first-order valence-corrected chi connectivity index (χ1v) is 9.19. The Morgan fingerprint density at radius 1 is 1.11 bits per heavy atom. The van der Waals surface area contributed by atoms with E-state index in [1.54, 1.807) is 24.3 Å². The number of hydrogen-bond donors (Lipinski definition) is 3. The van der Waals surface area contributed by atoms with Crippen LogP contribution in [0.3, 0.4) is 0 Å². The van der Waals surface area contributed by atoms with Crippen LogP contribution in [0.4, 0.5) is 5.69 Å². The lowest BCUT2D eigenvalue weighted by Crippen LogP contribution is -2.31. The summed E-state index contributed by atoms with van der Waals surface area (Å²) in [6.45, 7) is 2.33. The molecule has 6 heteroatoms. The summed E-state index contributed by atoms with van der Waals surface area (Å²) in [5.41, 5.74) is 7.50. The largest absolute Gasteiger partial charge is 0.364 e. The van der Waals surface area contributed by atoms with Crippen molar-refractivity contribution in [3.05, 3.63) is 65.7 Å². The molecule has 0 bridgehead atoms. The second-order valence-electron chi connectivity index (χ2n) is 6.70. The number of nitrogens with two attached hydrogens (primary N) is 1. The minimum atomic E-state index is -0.530. The Balaban J connectivity index is 1.68. The molecule has 4 N–H and O–H groups in total. The number of carbonyl (C=O) groups is 2. The van der Waals surface area contributed by atoms with Crippen LogP contribution in [0.5, 0.6) is 0 Å². The van der Waals surface area contributed by atoms with E-state index in [1.807, 2.05) is 37.3 Å². The van der Waals surface area contributed by atoms with Crippen LogP contribution in [0.25, 0.3) is 0 Å². The number of rotatable bonds is 6. The van der Waals surface area contributed by atoms with Crippen molar-refractivity contribution in [1.29, 1.82) is 0 Å². The highest BCUT2D eigenvalue weighted by molar-refractivity contribution is 6.04. The van der Waals surface area contributed by atoms with E-state index in [0.717, 1.165) is 12.0 Å². The Hall–Kier alpha value is -2.70. The van der Waals surface area contributed by atoms with Crippen LogP contribution in [0.2, 0.25) is 0 Å². The third kappa shape index (κ3) is 4.72. The minimum absolute atomic E-state index is 0.0778. The summed E-state index contributed by atoms with van der Waals surface area (Å²) in [5.74, 6) is -0.489. The van der Waals surface area contributed by atoms with Crippen LogP contribution in [0.1, 0.15) is 41.7 Å². The molecule has 1 heterocycles. The van der Waals surface area contributed by atoms with Gasteiger partial charge in [-0.3, -0.25) is 9.59 Å². The molecule has 1 unspecified atom stereocenters. The Kier molecular flexibility index (Phi) is 6.21. The van der Waals surface area contributed by atoms with E-state index < -0.39 is 6.10 Å². The van der Waals surface area contributed by atoms with Gasteiger partial charge in [0.25, 0.3) is 11.8 Å². The summed E-state index contributed by atoms with van der Waals surface area (Å²) in [6, 6.07) is 16.5. The molecule has 2 aromatic rings. The third-order valence-electron chi connectivity index (χ3n) is 4.74. The van der Waals surface area contributed by atoms with E-state index in [1.165, 1.54) is 0 Å². The maximum absolute atomic E-state index is 12.7. The van der Waals surface area contributed by atoms with E-state index >= 15 is 0 Å². The molecule has 0 saturated carbocycles. The fourth-order valence-corrected chi connectivity index (χ4v) is 3.17. The van der Waals surface area contributed by atoms with Gasteiger partial charge in [0.05, 0.1) is 23.4 Å². The zero-order valence-electron chi connectivity index (χ0n) is 15.4. The first-order chi connectivity index (χ1) is 13.1. The van der Waals surface area contributed by atoms with Crippen molar-refractivity contribution in [3.63, 3.8) is 0 Å². The third-order valence-corrected chi connectivity index (χ3v) is 4.74. The van der Waals surface area contributed by atoms with Gasteiger partial charge in [-0.25, -0.2) is 0 Å². The van der Waals surface area contributed by atoms with Crippen molar-refractivity contribution in [3.8, 4) is 0 Å². The Bertz CT molecular complexity index is 794. The normalized spacial score (nSPS) is 20.1. The molecule has 6 nitrogen and oxygen atoms in total. The molecule has 0 aromatic heterocycles. The van der Waals surface area contributed by atoms with Gasteiger partial charge in [-0.05, 0) is 37.5 Å². The highest BCUT2D eigenvalue weighted by atomic mass is 16.5. The quantitative estimate of drug-likeness (QED) is 0.732. The summed E-state index contributed by atoms with van der Waals surface area (Å²) >= 11 is 0. The van der Waals surface area contributed by atoms with Crippen LogP contribution >= 0.6 is 0 Å². The van der Waals surface area contributed by atoms with Crippen molar-refractivity contribution < 1.29 is 14.3 Å². The number of amides is 2. The molecule has 1 saturated heterocycles. The topological polar surface area (TPSA) is 93.5 Å². The molecule has 0 aliphatic carbocycles. The Morgan fingerprint density at radius 2 is 1.81 bits per heavy atom. The van der Waals surface area contributed by atoms with Crippen LogP contribution in [0.15, 0.2) is 54.6 Å². The van der Waals surface area contributed by atoms with Gasteiger partial charge in [0, 0.05) is 6.54 Å². The average Bonchev–Trinajstić information content (AvgIpc) is 3.18. The highest BCUT2D eigenvalue weighted by Crippen LogP contribution is 2.22. The van der Waals surface area contributed by atoms with E-state index in [9.17, 15) is 9.59 Å². The van der Waals surface area contributed by atoms with E-state index in [2.05, 4.69) is 10.6 Å². The molecule has 1 fully saturated rings. The van der Waals surface area contributed by atoms with Gasteiger partial charge in [0.2, 0.25) is 0 Å². The molecule has 0 spiro atoms. The van der Waals surface area contributed by atoms with Crippen LogP contribution in [-0.2, 0) is 9.53 Å². The Labute approximate surface area is 159 Å². The standard InChI is InChI=1S/C21H25N3O3/c1-14(15-7-3-2-4-8-15)23-20(25)17-9-5-6-10-18(17)24-21(26)19-12-11-16(13-22)27-19/h2-10,14,16,19H,11-13,22H2,1H3,(H,23,25)(H,24,26)/t14?,16-,19+/m1/s1. The summed E-state index contributed by atoms with van der Waals surface area (Å²) in [5, 5.41) is 5.80. The number of nitrogens with one attached hydrogen (secondary N) is 2. The summed E-state index contributed by atoms with van der Waals surface area (Å²) in [4.78, 5) is 25.2. The number of benzene rings is 2. The summed E-state index contributed by atoms with van der Waals surface area (Å²) in [6.07, 6.45) is 0.794. The second-order valence-corrected chi connectivity index (χ2v) is 6.70. The highest BCUT2D eigenvalue weighted by Gasteiger charge is 2.30.